The monoisotopic (exact) mass is 180 g/mol. The Morgan fingerprint density at radius 3 is 0.583 bits per heavy atom. The third kappa shape index (κ3) is 590. The maximum Gasteiger partial charge on any atom is 0.116 e. The predicted molar refractivity (Wildman–Crippen MR) is 55.4 cm³/mol. The van der Waals surface area contributed by atoms with Crippen LogP contribution in [0.3, 0.4) is 0 Å². The van der Waals surface area contributed by atoms with Crippen molar-refractivity contribution >= 4 is 18.9 Å². The van der Waals surface area contributed by atoms with Gasteiger partial charge in [-0.05, 0) is 20.8 Å². The van der Waals surface area contributed by atoms with Crippen LogP contribution in [-0.4, -0.2) is 18.9 Å². The summed E-state index contributed by atoms with van der Waals surface area (Å²) in [6, 6.07) is 0. The summed E-state index contributed by atoms with van der Waals surface area (Å²) in [5.41, 5.74) is 0. The van der Waals surface area contributed by atoms with Crippen LogP contribution < -0.4 is 0 Å². The fourth-order valence-corrected chi connectivity index (χ4v) is 0. The maximum atomic E-state index is 8.81. The molecule has 0 heterocycles. The van der Waals surface area contributed by atoms with Crippen molar-refractivity contribution in [1.29, 1.82) is 0 Å². The highest BCUT2D eigenvalue weighted by Gasteiger charge is 1.25. The second kappa shape index (κ2) is 201. The van der Waals surface area contributed by atoms with Crippen LogP contribution in [0.4, 0.5) is 0 Å². The first-order chi connectivity index (χ1) is 4.24. The summed E-state index contributed by atoms with van der Waals surface area (Å²) >= 11 is 0. The first-order valence-electron chi connectivity index (χ1n) is 2.44. The summed E-state index contributed by atoms with van der Waals surface area (Å²) in [5.74, 6) is 0. The molecule has 0 unspecified atom stereocenters. The zero-order valence-corrected chi connectivity index (χ0v) is 5.96. The molecule has 0 bridgehead atoms. The quantitative estimate of drug-likeness (QED) is 0.538. The highest BCUT2D eigenvalue weighted by molar-refractivity contribution is 5.44. The van der Waals surface area contributed by atoms with Gasteiger partial charge >= 0.3 is 0 Å². The number of hydrogen-bond acceptors (Lipinski definition) is 3. The van der Waals surface area contributed by atoms with E-state index in [1.165, 1.54) is 20.8 Å². The molecule has 0 amide bonds. The fraction of sp³-hybridized carbons (Fsp3) is 0.667. The average molecular weight is 180 g/mol. The lowest BCUT2D eigenvalue weighted by atomic mass is 11.0. The van der Waals surface area contributed by atoms with E-state index in [0.717, 1.165) is 18.9 Å². The van der Waals surface area contributed by atoms with E-state index in [0.29, 0.717) is 0 Å². The summed E-state index contributed by atoms with van der Waals surface area (Å²) in [6.45, 7) is 4.33. The Labute approximate surface area is 77.2 Å². The Morgan fingerprint density at radius 2 is 0.583 bits per heavy atom. The molecule has 0 saturated carbocycles. The van der Waals surface area contributed by atoms with Crippen LogP contribution in [-0.2, 0) is 14.4 Å². The van der Waals surface area contributed by atoms with Gasteiger partial charge in [-0.25, -0.2) is 0 Å². The van der Waals surface area contributed by atoms with Crippen molar-refractivity contribution in [3.05, 3.63) is 0 Å². The molecule has 3 heteroatoms. The van der Waals surface area contributed by atoms with E-state index >= 15 is 0 Å². The van der Waals surface area contributed by atoms with Crippen LogP contribution in [0.15, 0.2) is 0 Å². The number of carbonyl (C=O) groups excluding carboxylic acids is 3. The van der Waals surface area contributed by atoms with Gasteiger partial charge in [0.25, 0.3) is 0 Å². The number of aldehydes is 3. The Balaban J connectivity index is -0.00000001000. The molecule has 12 heavy (non-hydrogen) atoms. The molecule has 0 atom stereocenters. The molecule has 0 rings (SSSR count). The second-order valence-electron chi connectivity index (χ2n) is 0.707. The minimum absolute atomic E-state index is 0. The van der Waals surface area contributed by atoms with Gasteiger partial charge in [-0.2, -0.15) is 0 Å². The lowest BCUT2D eigenvalue weighted by Gasteiger charge is -1.24. The van der Waals surface area contributed by atoms with E-state index in [1.54, 1.807) is 0 Å². The second-order valence-corrected chi connectivity index (χ2v) is 0.707. The topological polar surface area (TPSA) is 51.2 Å². The highest BCUT2D eigenvalue weighted by Crippen LogP contribution is 1.13. The highest BCUT2D eigenvalue weighted by atomic mass is 16.1. The molecule has 0 spiro atoms. The zero-order chi connectivity index (χ0) is 8.12. The summed E-state index contributed by atoms with van der Waals surface area (Å²) < 4.78 is 0. The van der Waals surface area contributed by atoms with Crippen LogP contribution in [0, 0.1) is 0 Å². The van der Waals surface area contributed by atoms with E-state index in [9.17, 15) is 0 Å². The molecule has 0 aliphatic rings. The van der Waals surface area contributed by atoms with Crippen molar-refractivity contribution in [1.82, 2.24) is 0 Å². The van der Waals surface area contributed by atoms with Crippen molar-refractivity contribution in [2.24, 2.45) is 0 Å². The van der Waals surface area contributed by atoms with Gasteiger partial charge in [0.15, 0.2) is 0 Å². The van der Waals surface area contributed by atoms with Gasteiger partial charge in [0.2, 0.25) is 0 Å². The Morgan fingerprint density at radius 1 is 0.583 bits per heavy atom. The lowest BCUT2D eigenvalue weighted by molar-refractivity contribution is -0.106. The predicted octanol–water partition coefficient (Wildman–Crippen LogP) is 2.52. The van der Waals surface area contributed by atoms with Crippen LogP contribution in [0.5, 0.6) is 0 Å². The first kappa shape index (κ1) is 44.0. The number of carbonyl (C=O) groups is 3. The Bertz CT molecular complexity index is 46.5. The van der Waals surface area contributed by atoms with Crippen molar-refractivity contribution in [3.63, 3.8) is 0 Å². The molecule has 0 aromatic rings. The molecule has 0 N–H and O–H groups in total. The van der Waals surface area contributed by atoms with Crippen LogP contribution in [0.1, 0.15) is 43.1 Å². The molecular formula is C9H24O3. The van der Waals surface area contributed by atoms with Crippen molar-refractivity contribution in [2.45, 2.75) is 43.1 Å². The third-order valence-electron chi connectivity index (χ3n) is 0. The zero-order valence-electron chi connectivity index (χ0n) is 5.96. The van der Waals surface area contributed by atoms with Gasteiger partial charge in [-0.15, -0.1) is 0 Å². The molecule has 0 aliphatic carbocycles. The smallest absolute Gasteiger partial charge is 0.116 e. The SMILES string of the molecule is C.C.C.CC=O.CC=O.CC=O. The molecular weight excluding hydrogens is 156 g/mol. The minimum atomic E-state index is 0. The maximum absolute atomic E-state index is 8.81. The molecule has 0 aromatic heterocycles. The molecule has 0 fully saturated rings. The van der Waals surface area contributed by atoms with Crippen molar-refractivity contribution in [3.8, 4) is 0 Å². The van der Waals surface area contributed by atoms with E-state index < -0.39 is 0 Å². The third-order valence-corrected chi connectivity index (χ3v) is 0. The molecule has 3 nitrogen and oxygen atoms in total. The number of hydrogen-bond donors (Lipinski definition) is 0. The standard InChI is InChI=1S/3C2H4O.3CH4/c3*1-2-3;;;/h3*2H,1H3;3*1H4. The molecule has 78 valence electrons. The average Bonchev–Trinajstić information content (AvgIpc) is 1.70. The molecule has 0 aromatic carbocycles. The van der Waals surface area contributed by atoms with E-state index in [1.807, 2.05) is 0 Å². The largest absolute Gasteiger partial charge is 0.304 e. The summed E-state index contributed by atoms with van der Waals surface area (Å²) in [4.78, 5) is 26.4. The van der Waals surface area contributed by atoms with Gasteiger partial charge < -0.3 is 14.4 Å². The lowest BCUT2D eigenvalue weighted by Crippen LogP contribution is -1.36. The van der Waals surface area contributed by atoms with Gasteiger partial charge in [0.05, 0.1) is 0 Å². The van der Waals surface area contributed by atoms with E-state index in [-0.39, 0.29) is 22.3 Å². The number of rotatable bonds is 0. The molecule has 0 radical (unpaired) electrons. The fourth-order valence-electron chi connectivity index (χ4n) is 0. The summed E-state index contributed by atoms with van der Waals surface area (Å²) in [7, 11) is 0. The van der Waals surface area contributed by atoms with Gasteiger partial charge in [-0.3, -0.25) is 0 Å². The normalized spacial score (nSPS) is 3.25. The van der Waals surface area contributed by atoms with Crippen molar-refractivity contribution in [2.75, 3.05) is 0 Å². The first-order valence-corrected chi connectivity index (χ1v) is 2.44. The molecule has 0 aliphatic heterocycles. The van der Waals surface area contributed by atoms with Gasteiger partial charge in [-0.1, -0.05) is 22.3 Å². The van der Waals surface area contributed by atoms with Gasteiger partial charge in [0.1, 0.15) is 18.9 Å². The van der Waals surface area contributed by atoms with Crippen LogP contribution >= 0.6 is 0 Å². The van der Waals surface area contributed by atoms with E-state index in [2.05, 4.69) is 0 Å². The summed E-state index contributed by atoms with van der Waals surface area (Å²) in [5, 5.41) is 0. The summed E-state index contributed by atoms with van der Waals surface area (Å²) in [6.07, 6.45) is 2.25. The van der Waals surface area contributed by atoms with Crippen molar-refractivity contribution < 1.29 is 14.4 Å². The Kier molecular flexibility index (Phi) is 737. The minimum Gasteiger partial charge on any atom is -0.304 e. The van der Waals surface area contributed by atoms with E-state index in [4.69, 9.17) is 14.4 Å². The Hall–Kier alpha value is -0.990. The van der Waals surface area contributed by atoms with Crippen LogP contribution in [0.25, 0.3) is 0 Å². The van der Waals surface area contributed by atoms with Gasteiger partial charge in [0, 0.05) is 0 Å². The van der Waals surface area contributed by atoms with Crippen LogP contribution in [0.2, 0.25) is 0 Å². The molecule has 0 saturated heterocycles.